The molecule has 1 aromatic rings. The van der Waals surface area contributed by atoms with Gasteiger partial charge in [0.15, 0.2) is 0 Å². The van der Waals surface area contributed by atoms with E-state index in [0.717, 1.165) is 0 Å². The molecule has 1 amide bonds. The van der Waals surface area contributed by atoms with E-state index in [1.165, 1.54) is 0 Å². The zero-order valence-electron chi connectivity index (χ0n) is 10.4. The number of aryl methyl sites for hydroxylation is 1. The highest BCUT2D eigenvalue weighted by molar-refractivity contribution is 5.90. The molecule has 18 heavy (non-hydrogen) atoms. The Labute approximate surface area is 102 Å². The summed E-state index contributed by atoms with van der Waals surface area (Å²) in [4.78, 5) is 16.3. The highest BCUT2D eigenvalue weighted by atomic mass is 19.4. The fourth-order valence-electron chi connectivity index (χ4n) is 1.46. The van der Waals surface area contributed by atoms with Crippen molar-refractivity contribution in [2.75, 3.05) is 13.1 Å². The average molecular weight is 264 g/mol. The predicted molar refractivity (Wildman–Crippen MR) is 57.9 cm³/mol. The van der Waals surface area contributed by atoms with Crippen molar-refractivity contribution in [1.29, 1.82) is 0 Å². The molecular weight excluding hydrogens is 249 g/mol. The zero-order chi connectivity index (χ0) is 13.9. The smallest absolute Gasteiger partial charge is 0.327 e. The van der Waals surface area contributed by atoms with Gasteiger partial charge in [-0.1, -0.05) is 13.8 Å². The summed E-state index contributed by atoms with van der Waals surface area (Å²) in [6, 6.07) is 0. The van der Waals surface area contributed by atoms with Crippen LogP contribution in [0.5, 0.6) is 0 Å². The number of nitrogens with zero attached hydrogens (tertiary/aromatic N) is 3. The summed E-state index contributed by atoms with van der Waals surface area (Å²) >= 11 is 0. The van der Waals surface area contributed by atoms with E-state index in [0.29, 0.717) is 10.7 Å². The quantitative estimate of drug-likeness (QED) is 0.901. The first-order chi connectivity index (χ1) is 8.19. The van der Waals surface area contributed by atoms with Crippen LogP contribution in [0, 0.1) is 12.8 Å². The number of aromatic amines is 1. The molecule has 0 aliphatic rings. The van der Waals surface area contributed by atoms with Crippen molar-refractivity contribution >= 4 is 5.91 Å². The lowest BCUT2D eigenvalue weighted by atomic mass is 10.2. The first-order valence-corrected chi connectivity index (χ1v) is 5.44. The number of amides is 1. The summed E-state index contributed by atoms with van der Waals surface area (Å²) in [6.07, 6.45) is -4.43. The van der Waals surface area contributed by atoms with E-state index >= 15 is 0 Å². The van der Waals surface area contributed by atoms with Gasteiger partial charge in [0.2, 0.25) is 5.82 Å². The maximum absolute atomic E-state index is 12.4. The third-order valence-corrected chi connectivity index (χ3v) is 2.03. The van der Waals surface area contributed by atoms with Gasteiger partial charge in [-0.3, -0.25) is 9.89 Å². The highest BCUT2D eigenvalue weighted by Gasteiger charge is 2.34. The lowest BCUT2D eigenvalue weighted by molar-refractivity contribution is -0.141. The normalized spacial score (nSPS) is 11.9. The van der Waals surface area contributed by atoms with Gasteiger partial charge < -0.3 is 4.90 Å². The van der Waals surface area contributed by atoms with Crippen molar-refractivity contribution in [1.82, 2.24) is 20.1 Å². The molecule has 0 spiro atoms. The molecule has 0 saturated carbocycles. The molecule has 0 aliphatic carbocycles. The van der Waals surface area contributed by atoms with Gasteiger partial charge in [-0.25, -0.2) is 4.98 Å². The van der Waals surface area contributed by atoms with Gasteiger partial charge in [0.25, 0.3) is 5.91 Å². The van der Waals surface area contributed by atoms with E-state index < -0.39 is 18.6 Å². The SMILES string of the molecule is Cc1nc(C(=O)N(CC(C)C)CC(F)(F)F)n[nH]1. The van der Waals surface area contributed by atoms with Crippen molar-refractivity contribution in [2.24, 2.45) is 5.92 Å². The molecule has 1 rings (SSSR count). The summed E-state index contributed by atoms with van der Waals surface area (Å²) in [6.45, 7) is 3.75. The number of hydrogen-bond donors (Lipinski definition) is 1. The number of rotatable bonds is 4. The number of alkyl halides is 3. The van der Waals surface area contributed by atoms with E-state index in [9.17, 15) is 18.0 Å². The fourth-order valence-corrected chi connectivity index (χ4v) is 1.46. The molecule has 1 aromatic heterocycles. The third-order valence-electron chi connectivity index (χ3n) is 2.03. The Hall–Kier alpha value is -1.60. The molecule has 0 fully saturated rings. The maximum atomic E-state index is 12.4. The molecule has 0 unspecified atom stereocenters. The highest BCUT2D eigenvalue weighted by Crippen LogP contribution is 2.18. The molecule has 5 nitrogen and oxygen atoms in total. The lowest BCUT2D eigenvalue weighted by Gasteiger charge is -2.24. The Morgan fingerprint density at radius 2 is 2.06 bits per heavy atom. The molecule has 0 aliphatic heterocycles. The minimum atomic E-state index is -4.43. The number of carbonyl (C=O) groups excluding carboxylic acids is 1. The second-order valence-corrected chi connectivity index (χ2v) is 4.44. The van der Waals surface area contributed by atoms with Gasteiger partial charge in [0.05, 0.1) is 0 Å². The lowest BCUT2D eigenvalue weighted by Crippen LogP contribution is -2.41. The van der Waals surface area contributed by atoms with Crippen LogP contribution < -0.4 is 0 Å². The zero-order valence-corrected chi connectivity index (χ0v) is 10.4. The molecule has 8 heteroatoms. The molecule has 1 N–H and O–H groups in total. The molecule has 102 valence electrons. The van der Waals surface area contributed by atoms with Crippen molar-refractivity contribution in [3.8, 4) is 0 Å². The Morgan fingerprint density at radius 3 is 2.44 bits per heavy atom. The predicted octanol–water partition coefficient (Wildman–Crippen LogP) is 1.77. The summed E-state index contributed by atoms with van der Waals surface area (Å²) in [5.74, 6) is -0.742. The van der Waals surface area contributed by atoms with Crippen molar-refractivity contribution in [3.05, 3.63) is 11.6 Å². The van der Waals surface area contributed by atoms with Gasteiger partial charge >= 0.3 is 6.18 Å². The van der Waals surface area contributed by atoms with Crippen molar-refractivity contribution < 1.29 is 18.0 Å². The summed E-state index contributed by atoms with van der Waals surface area (Å²) in [5.41, 5.74) is 0. The number of halogens is 3. The number of H-pyrrole nitrogens is 1. The molecule has 1 heterocycles. The summed E-state index contributed by atoms with van der Waals surface area (Å²) in [5, 5.41) is 6.01. The van der Waals surface area contributed by atoms with Crippen LogP contribution in [0.15, 0.2) is 0 Å². The Bertz CT molecular complexity index is 414. The van der Waals surface area contributed by atoms with Crippen LogP contribution in [0.2, 0.25) is 0 Å². The second kappa shape index (κ2) is 5.36. The molecule has 0 radical (unpaired) electrons. The third kappa shape index (κ3) is 4.34. The summed E-state index contributed by atoms with van der Waals surface area (Å²) < 4.78 is 37.2. The van der Waals surface area contributed by atoms with Crippen LogP contribution in [-0.4, -0.2) is 45.3 Å². The van der Waals surface area contributed by atoms with Crippen LogP contribution >= 0.6 is 0 Å². The van der Waals surface area contributed by atoms with Crippen LogP contribution in [-0.2, 0) is 0 Å². The second-order valence-electron chi connectivity index (χ2n) is 4.44. The topological polar surface area (TPSA) is 61.9 Å². The van der Waals surface area contributed by atoms with Crippen molar-refractivity contribution in [3.63, 3.8) is 0 Å². The van der Waals surface area contributed by atoms with E-state index in [1.54, 1.807) is 20.8 Å². The van der Waals surface area contributed by atoms with Gasteiger partial charge in [-0.05, 0) is 12.8 Å². The molecule has 0 aromatic carbocycles. The standard InChI is InChI=1S/C10H15F3N4O/c1-6(2)4-17(5-10(11,12)13)9(18)8-14-7(3)15-16-8/h6H,4-5H2,1-3H3,(H,14,15,16). The minimum Gasteiger partial charge on any atom is -0.327 e. The minimum absolute atomic E-state index is 0.00588. The van der Waals surface area contributed by atoms with E-state index in [4.69, 9.17) is 0 Å². The van der Waals surface area contributed by atoms with E-state index in [2.05, 4.69) is 15.2 Å². The Balaban J connectivity index is 2.85. The van der Waals surface area contributed by atoms with Crippen molar-refractivity contribution in [2.45, 2.75) is 26.9 Å². The fraction of sp³-hybridized carbons (Fsp3) is 0.700. The number of aromatic nitrogens is 3. The van der Waals surface area contributed by atoms with Gasteiger partial charge in [0, 0.05) is 6.54 Å². The van der Waals surface area contributed by atoms with Crippen LogP contribution in [0.4, 0.5) is 13.2 Å². The molecule has 0 bridgehead atoms. The summed E-state index contributed by atoms with van der Waals surface area (Å²) in [7, 11) is 0. The molecular formula is C10H15F3N4O. The first-order valence-electron chi connectivity index (χ1n) is 5.44. The van der Waals surface area contributed by atoms with Crippen LogP contribution in [0.3, 0.4) is 0 Å². The van der Waals surface area contributed by atoms with Gasteiger partial charge in [0.1, 0.15) is 12.4 Å². The van der Waals surface area contributed by atoms with Gasteiger partial charge in [-0.15, -0.1) is 5.10 Å². The van der Waals surface area contributed by atoms with E-state index in [1.807, 2.05) is 0 Å². The Morgan fingerprint density at radius 1 is 1.44 bits per heavy atom. The van der Waals surface area contributed by atoms with Crippen LogP contribution in [0.1, 0.15) is 30.3 Å². The van der Waals surface area contributed by atoms with E-state index in [-0.39, 0.29) is 18.3 Å². The number of carbonyl (C=O) groups is 1. The number of hydrogen-bond acceptors (Lipinski definition) is 3. The van der Waals surface area contributed by atoms with Gasteiger partial charge in [-0.2, -0.15) is 13.2 Å². The molecule has 0 saturated heterocycles. The average Bonchev–Trinajstić information content (AvgIpc) is 2.59. The monoisotopic (exact) mass is 264 g/mol. The largest absolute Gasteiger partial charge is 0.406 e. The molecule has 0 atom stereocenters. The Kier molecular flexibility index (Phi) is 4.31. The first kappa shape index (κ1) is 14.5. The number of nitrogens with one attached hydrogen (secondary N) is 1. The van der Waals surface area contributed by atoms with Crippen LogP contribution in [0.25, 0.3) is 0 Å². The maximum Gasteiger partial charge on any atom is 0.406 e.